The molecule has 0 bridgehead atoms. The van der Waals surface area contributed by atoms with Crippen LogP contribution in [0.15, 0.2) is 48.5 Å². The molecule has 0 aliphatic rings. The molecule has 0 atom stereocenters. The molecule has 0 spiro atoms. The Bertz CT molecular complexity index is 595. The summed E-state index contributed by atoms with van der Waals surface area (Å²) in [6.45, 7) is 0.558. The van der Waals surface area contributed by atoms with E-state index in [2.05, 4.69) is 0 Å². The van der Waals surface area contributed by atoms with Gasteiger partial charge in [0.05, 0.1) is 0 Å². The molecule has 0 aliphatic heterocycles. The van der Waals surface area contributed by atoms with Gasteiger partial charge in [0, 0.05) is 24.8 Å². The van der Waals surface area contributed by atoms with Crippen molar-refractivity contribution in [1.82, 2.24) is 0 Å². The lowest BCUT2D eigenvalue weighted by molar-refractivity contribution is 0.625. The lowest BCUT2D eigenvalue weighted by Crippen LogP contribution is -2.22. The molecule has 98 valence electrons. The molecular formula is C15H16FN3. The van der Waals surface area contributed by atoms with E-state index in [1.54, 1.807) is 12.1 Å². The SMILES string of the molecule is CN(Cc1cccc(F)c1)c1ccccc1C(=N)N. The second-order valence-corrected chi connectivity index (χ2v) is 4.42. The molecule has 0 amide bonds. The zero-order chi connectivity index (χ0) is 13.8. The normalized spacial score (nSPS) is 10.2. The maximum atomic E-state index is 13.2. The molecule has 2 aromatic rings. The topological polar surface area (TPSA) is 53.1 Å². The van der Waals surface area contributed by atoms with Crippen LogP contribution in [0.4, 0.5) is 10.1 Å². The number of anilines is 1. The summed E-state index contributed by atoms with van der Waals surface area (Å²) in [6, 6.07) is 13.9. The van der Waals surface area contributed by atoms with Crippen molar-refractivity contribution in [3.63, 3.8) is 0 Å². The van der Waals surface area contributed by atoms with Crippen molar-refractivity contribution in [3.8, 4) is 0 Å². The molecule has 0 aromatic heterocycles. The number of benzene rings is 2. The molecule has 2 aromatic carbocycles. The summed E-state index contributed by atoms with van der Waals surface area (Å²) < 4.78 is 13.2. The highest BCUT2D eigenvalue weighted by molar-refractivity contribution is 6.00. The van der Waals surface area contributed by atoms with Gasteiger partial charge in [-0.15, -0.1) is 0 Å². The molecule has 0 aliphatic carbocycles. The average Bonchev–Trinajstić information content (AvgIpc) is 2.38. The molecule has 3 nitrogen and oxygen atoms in total. The van der Waals surface area contributed by atoms with Gasteiger partial charge in [-0.2, -0.15) is 0 Å². The Balaban J connectivity index is 2.25. The largest absolute Gasteiger partial charge is 0.384 e. The predicted octanol–water partition coefficient (Wildman–Crippen LogP) is 2.75. The van der Waals surface area contributed by atoms with Crippen LogP contribution in [0.5, 0.6) is 0 Å². The quantitative estimate of drug-likeness (QED) is 0.653. The lowest BCUT2D eigenvalue weighted by atomic mass is 10.1. The summed E-state index contributed by atoms with van der Waals surface area (Å²) in [4.78, 5) is 1.95. The number of para-hydroxylation sites is 1. The molecule has 0 unspecified atom stereocenters. The monoisotopic (exact) mass is 257 g/mol. The van der Waals surface area contributed by atoms with Crippen LogP contribution in [0.1, 0.15) is 11.1 Å². The first kappa shape index (κ1) is 13.1. The van der Waals surface area contributed by atoms with E-state index in [-0.39, 0.29) is 11.7 Å². The standard InChI is InChI=1S/C15H16FN3/c1-19(10-11-5-4-6-12(16)9-11)14-8-3-2-7-13(14)15(17)18/h2-9H,10H2,1H3,(H3,17,18). The number of rotatable bonds is 4. The van der Waals surface area contributed by atoms with Gasteiger partial charge in [-0.25, -0.2) is 4.39 Å². The molecule has 4 heteroatoms. The van der Waals surface area contributed by atoms with E-state index in [1.165, 1.54) is 12.1 Å². The third kappa shape index (κ3) is 3.10. The maximum absolute atomic E-state index is 13.2. The highest BCUT2D eigenvalue weighted by Gasteiger charge is 2.09. The van der Waals surface area contributed by atoms with Gasteiger partial charge in [0.2, 0.25) is 0 Å². The zero-order valence-corrected chi connectivity index (χ0v) is 10.7. The van der Waals surface area contributed by atoms with Crippen LogP contribution in [0, 0.1) is 11.2 Å². The summed E-state index contributed by atoms with van der Waals surface area (Å²) in [7, 11) is 1.90. The molecule has 0 saturated carbocycles. The van der Waals surface area contributed by atoms with Crippen LogP contribution < -0.4 is 10.6 Å². The van der Waals surface area contributed by atoms with Gasteiger partial charge in [0.15, 0.2) is 0 Å². The minimum atomic E-state index is -0.245. The van der Waals surface area contributed by atoms with Crippen LogP contribution in [0.2, 0.25) is 0 Å². The summed E-state index contributed by atoms with van der Waals surface area (Å²) in [6.07, 6.45) is 0. The van der Waals surface area contributed by atoms with Gasteiger partial charge in [-0.1, -0.05) is 24.3 Å². The average molecular weight is 257 g/mol. The molecule has 19 heavy (non-hydrogen) atoms. The zero-order valence-electron chi connectivity index (χ0n) is 10.7. The minimum Gasteiger partial charge on any atom is -0.384 e. The third-order valence-electron chi connectivity index (χ3n) is 2.91. The van der Waals surface area contributed by atoms with Crippen LogP contribution in [-0.2, 0) is 6.54 Å². The number of amidine groups is 1. The summed E-state index contributed by atoms with van der Waals surface area (Å²) in [5.74, 6) is -0.215. The van der Waals surface area contributed by atoms with Gasteiger partial charge in [-0.05, 0) is 29.8 Å². The smallest absolute Gasteiger partial charge is 0.124 e. The second-order valence-electron chi connectivity index (χ2n) is 4.42. The van der Waals surface area contributed by atoms with E-state index in [9.17, 15) is 4.39 Å². The van der Waals surface area contributed by atoms with Crippen molar-refractivity contribution in [2.24, 2.45) is 5.73 Å². The van der Waals surface area contributed by atoms with Gasteiger partial charge in [0.1, 0.15) is 11.7 Å². The Morgan fingerprint density at radius 2 is 1.95 bits per heavy atom. The van der Waals surface area contributed by atoms with Crippen molar-refractivity contribution in [2.45, 2.75) is 6.54 Å². The van der Waals surface area contributed by atoms with Crippen molar-refractivity contribution in [3.05, 3.63) is 65.5 Å². The van der Waals surface area contributed by atoms with Crippen molar-refractivity contribution in [2.75, 3.05) is 11.9 Å². The number of nitrogens with two attached hydrogens (primary N) is 1. The number of hydrogen-bond donors (Lipinski definition) is 2. The van der Waals surface area contributed by atoms with E-state index < -0.39 is 0 Å². The summed E-state index contributed by atoms with van der Waals surface area (Å²) in [5.41, 5.74) is 7.98. The maximum Gasteiger partial charge on any atom is 0.124 e. The molecule has 0 heterocycles. The van der Waals surface area contributed by atoms with Crippen LogP contribution in [0.3, 0.4) is 0 Å². The fourth-order valence-corrected chi connectivity index (χ4v) is 2.03. The van der Waals surface area contributed by atoms with E-state index in [4.69, 9.17) is 11.1 Å². The minimum absolute atomic E-state index is 0.0293. The van der Waals surface area contributed by atoms with E-state index in [1.807, 2.05) is 36.2 Å². The highest BCUT2D eigenvalue weighted by atomic mass is 19.1. The molecule has 3 N–H and O–H groups in total. The Hall–Kier alpha value is -2.36. The van der Waals surface area contributed by atoms with E-state index >= 15 is 0 Å². The number of halogens is 1. The molecule has 0 fully saturated rings. The van der Waals surface area contributed by atoms with Gasteiger partial charge >= 0.3 is 0 Å². The van der Waals surface area contributed by atoms with E-state index in [0.717, 1.165) is 11.3 Å². The second kappa shape index (κ2) is 5.52. The summed E-state index contributed by atoms with van der Waals surface area (Å²) >= 11 is 0. The Kier molecular flexibility index (Phi) is 3.80. The lowest BCUT2D eigenvalue weighted by Gasteiger charge is -2.22. The van der Waals surface area contributed by atoms with Crippen LogP contribution in [-0.4, -0.2) is 12.9 Å². The fourth-order valence-electron chi connectivity index (χ4n) is 2.03. The van der Waals surface area contributed by atoms with E-state index in [0.29, 0.717) is 12.1 Å². The molecule has 2 rings (SSSR count). The Morgan fingerprint density at radius 1 is 1.21 bits per heavy atom. The van der Waals surface area contributed by atoms with Crippen molar-refractivity contribution in [1.29, 1.82) is 5.41 Å². The van der Waals surface area contributed by atoms with Gasteiger partial charge in [0.25, 0.3) is 0 Å². The van der Waals surface area contributed by atoms with Gasteiger partial charge in [-0.3, -0.25) is 5.41 Å². The molecule has 0 radical (unpaired) electrons. The van der Waals surface area contributed by atoms with Crippen molar-refractivity contribution >= 4 is 11.5 Å². The third-order valence-corrected chi connectivity index (χ3v) is 2.91. The predicted molar refractivity (Wildman–Crippen MR) is 76.0 cm³/mol. The fraction of sp³-hybridized carbons (Fsp3) is 0.133. The first-order valence-electron chi connectivity index (χ1n) is 5.97. The number of nitrogens with zero attached hydrogens (tertiary/aromatic N) is 1. The Morgan fingerprint density at radius 3 is 2.63 bits per heavy atom. The number of nitrogens with one attached hydrogen (secondary N) is 1. The summed E-state index contributed by atoms with van der Waals surface area (Å²) in [5, 5.41) is 7.57. The molecule has 0 saturated heterocycles. The number of hydrogen-bond acceptors (Lipinski definition) is 2. The number of nitrogen functional groups attached to an aromatic ring is 1. The van der Waals surface area contributed by atoms with Crippen LogP contribution >= 0.6 is 0 Å². The first-order valence-corrected chi connectivity index (χ1v) is 5.97. The Labute approximate surface area is 112 Å². The van der Waals surface area contributed by atoms with Gasteiger partial charge < -0.3 is 10.6 Å². The molecular weight excluding hydrogens is 241 g/mol. The van der Waals surface area contributed by atoms with Crippen LogP contribution in [0.25, 0.3) is 0 Å². The highest BCUT2D eigenvalue weighted by Crippen LogP contribution is 2.20. The van der Waals surface area contributed by atoms with Crippen molar-refractivity contribution < 1.29 is 4.39 Å². The first-order chi connectivity index (χ1) is 9.08.